The maximum atomic E-state index is 13.3. The third-order valence-electron chi connectivity index (χ3n) is 6.13. The van der Waals surface area contributed by atoms with Crippen molar-refractivity contribution in [3.63, 3.8) is 0 Å². The van der Waals surface area contributed by atoms with Crippen LogP contribution in [0, 0.1) is 6.92 Å². The molecule has 1 aliphatic rings. The van der Waals surface area contributed by atoms with Crippen LogP contribution in [0.25, 0.3) is 10.9 Å². The highest BCUT2D eigenvalue weighted by Gasteiger charge is 2.23. The van der Waals surface area contributed by atoms with Crippen LogP contribution in [0.3, 0.4) is 0 Å². The minimum Gasteiger partial charge on any atom is -0.341 e. The van der Waals surface area contributed by atoms with Gasteiger partial charge in [0.05, 0.1) is 16.7 Å². The summed E-state index contributed by atoms with van der Waals surface area (Å²) in [5.74, 6) is 0.297. The van der Waals surface area contributed by atoms with Crippen LogP contribution in [0.1, 0.15) is 49.3 Å². The third-order valence-corrected chi connectivity index (χ3v) is 7.07. The van der Waals surface area contributed by atoms with Crippen LogP contribution in [0.4, 0.5) is 0 Å². The average molecular weight is 436 g/mol. The zero-order valence-corrected chi connectivity index (χ0v) is 19.0. The summed E-state index contributed by atoms with van der Waals surface area (Å²) >= 11 is 1.38. The van der Waals surface area contributed by atoms with Gasteiger partial charge >= 0.3 is 0 Å². The Kier molecular flexibility index (Phi) is 6.76. The van der Waals surface area contributed by atoms with E-state index < -0.39 is 0 Å². The number of aryl methyl sites for hydroxylation is 1. The number of rotatable bonds is 6. The summed E-state index contributed by atoms with van der Waals surface area (Å²) in [4.78, 5) is 32.7. The van der Waals surface area contributed by atoms with Gasteiger partial charge in [0.25, 0.3) is 5.56 Å². The van der Waals surface area contributed by atoms with Crippen LogP contribution in [0.15, 0.2) is 58.5 Å². The fraction of sp³-hybridized carbons (Fsp3) is 0.400. The van der Waals surface area contributed by atoms with Crippen LogP contribution < -0.4 is 5.56 Å². The summed E-state index contributed by atoms with van der Waals surface area (Å²) in [5, 5.41) is 1.31. The molecule has 6 heteroatoms. The van der Waals surface area contributed by atoms with Gasteiger partial charge in [0, 0.05) is 19.6 Å². The molecule has 0 aliphatic heterocycles. The second kappa shape index (κ2) is 9.69. The topological polar surface area (TPSA) is 55.2 Å². The lowest BCUT2D eigenvalue weighted by atomic mass is 9.95. The van der Waals surface area contributed by atoms with Gasteiger partial charge in [-0.3, -0.25) is 14.2 Å². The van der Waals surface area contributed by atoms with Crippen molar-refractivity contribution in [1.82, 2.24) is 14.5 Å². The highest BCUT2D eigenvalue weighted by molar-refractivity contribution is 7.99. The van der Waals surface area contributed by atoms with Crippen molar-refractivity contribution in [2.24, 2.45) is 0 Å². The largest absolute Gasteiger partial charge is 0.341 e. The van der Waals surface area contributed by atoms with Crippen LogP contribution >= 0.6 is 11.8 Å². The molecule has 3 aromatic rings. The fourth-order valence-corrected chi connectivity index (χ4v) is 5.26. The van der Waals surface area contributed by atoms with E-state index in [1.807, 2.05) is 48.0 Å². The molecule has 0 saturated heterocycles. The molecule has 0 bridgehead atoms. The van der Waals surface area contributed by atoms with Crippen molar-refractivity contribution in [2.75, 3.05) is 12.8 Å². The van der Waals surface area contributed by atoms with Crippen LogP contribution in [-0.4, -0.2) is 33.2 Å². The Balaban J connectivity index is 1.56. The van der Waals surface area contributed by atoms with Crippen molar-refractivity contribution in [3.8, 4) is 0 Å². The van der Waals surface area contributed by atoms with Crippen molar-refractivity contribution < 1.29 is 4.79 Å². The molecule has 0 spiro atoms. The number of amides is 1. The predicted molar refractivity (Wildman–Crippen MR) is 127 cm³/mol. The van der Waals surface area contributed by atoms with E-state index >= 15 is 0 Å². The average Bonchev–Trinajstić information content (AvgIpc) is 2.79. The molecule has 162 valence electrons. The van der Waals surface area contributed by atoms with E-state index in [-0.39, 0.29) is 23.3 Å². The number of thioether (sulfide) groups is 1. The Morgan fingerprint density at radius 3 is 2.58 bits per heavy atom. The first-order valence-corrected chi connectivity index (χ1v) is 12.0. The smallest absolute Gasteiger partial charge is 0.262 e. The number of fused-ring (bicyclic) bond motifs is 1. The molecule has 1 heterocycles. The molecule has 0 unspecified atom stereocenters. The van der Waals surface area contributed by atoms with E-state index in [9.17, 15) is 9.59 Å². The monoisotopic (exact) mass is 435 g/mol. The van der Waals surface area contributed by atoms with Gasteiger partial charge in [0.2, 0.25) is 5.91 Å². The summed E-state index contributed by atoms with van der Waals surface area (Å²) in [6.07, 6.45) is 5.47. The molecule has 0 radical (unpaired) electrons. The quantitative estimate of drug-likeness (QED) is 0.406. The molecule has 31 heavy (non-hydrogen) atoms. The normalized spacial score (nSPS) is 14.6. The second-order valence-electron chi connectivity index (χ2n) is 8.34. The Bertz CT molecular complexity index is 1140. The van der Waals surface area contributed by atoms with Gasteiger partial charge in [-0.05, 0) is 43.0 Å². The zero-order chi connectivity index (χ0) is 21.8. The van der Waals surface area contributed by atoms with E-state index in [0.717, 1.165) is 31.2 Å². The standard InChI is InChI=1S/C25H29N3O2S/c1-18-10-6-7-11-19(18)16-27(2)23(29)17-31-25-26-22-15-9-8-14-21(22)24(30)28(25)20-12-4-3-5-13-20/h6-11,14-15,20H,3-5,12-13,16-17H2,1-2H3. The van der Waals surface area contributed by atoms with Gasteiger partial charge in [-0.1, -0.05) is 67.4 Å². The first-order chi connectivity index (χ1) is 15.0. The van der Waals surface area contributed by atoms with E-state index in [1.165, 1.54) is 23.7 Å². The molecule has 1 aromatic heterocycles. The molecule has 1 aliphatic carbocycles. The SMILES string of the molecule is Cc1ccccc1CN(C)C(=O)CSc1nc2ccccc2c(=O)n1C1CCCCC1. The zero-order valence-electron chi connectivity index (χ0n) is 18.2. The lowest BCUT2D eigenvalue weighted by molar-refractivity contribution is -0.127. The number of aromatic nitrogens is 2. The first kappa shape index (κ1) is 21.6. The van der Waals surface area contributed by atoms with Crippen LogP contribution in [0.5, 0.6) is 0 Å². The number of carbonyl (C=O) groups excluding carboxylic acids is 1. The van der Waals surface area contributed by atoms with Gasteiger partial charge in [0.1, 0.15) is 0 Å². The number of carbonyl (C=O) groups is 1. The summed E-state index contributed by atoms with van der Waals surface area (Å²) in [5.41, 5.74) is 3.03. The highest BCUT2D eigenvalue weighted by Crippen LogP contribution is 2.31. The molecule has 5 nitrogen and oxygen atoms in total. The molecule has 2 aromatic carbocycles. The van der Waals surface area contributed by atoms with Crippen molar-refractivity contribution >= 4 is 28.6 Å². The Hall–Kier alpha value is -2.60. The van der Waals surface area contributed by atoms with Crippen LogP contribution in [0.2, 0.25) is 0 Å². The summed E-state index contributed by atoms with van der Waals surface area (Å²) in [6.45, 7) is 2.64. The fourth-order valence-electron chi connectivity index (χ4n) is 4.26. The molecule has 1 amide bonds. The van der Waals surface area contributed by atoms with Gasteiger partial charge < -0.3 is 4.90 Å². The van der Waals surface area contributed by atoms with E-state index in [2.05, 4.69) is 19.1 Å². The first-order valence-electron chi connectivity index (χ1n) is 11.0. The minimum atomic E-state index is 0.0145. The van der Waals surface area contributed by atoms with Gasteiger partial charge in [0.15, 0.2) is 5.16 Å². The van der Waals surface area contributed by atoms with Crippen molar-refractivity contribution in [2.45, 2.75) is 56.8 Å². The maximum Gasteiger partial charge on any atom is 0.262 e. The van der Waals surface area contributed by atoms with Gasteiger partial charge in [-0.15, -0.1) is 0 Å². The summed E-state index contributed by atoms with van der Waals surface area (Å²) in [6, 6.07) is 15.8. The number of hydrogen-bond donors (Lipinski definition) is 0. The van der Waals surface area contributed by atoms with Crippen LogP contribution in [-0.2, 0) is 11.3 Å². The highest BCUT2D eigenvalue weighted by atomic mass is 32.2. The summed E-state index contributed by atoms with van der Waals surface area (Å²) < 4.78 is 1.86. The number of hydrogen-bond acceptors (Lipinski definition) is 4. The van der Waals surface area contributed by atoms with Crippen molar-refractivity contribution in [1.29, 1.82) is 0 Å². The minimum absolute atomic E-state index is 0.0145. The third kappa shape index (κ3) is 4.85. The van der Waals surface area contributed by atoms with Gasteiger partial charge in [-0.25, -0.2) is 4.98 Å². The lowest BCUT2D eigenvalue weighted by Gasteiger charge is -2.26. The number of para-hydroxylation sites is 1. The molecule has 0 atom stereocenters. The Morgan fingerprint density at radius 1 is 1.10 bits per heavy atom. The molecule has 1 fully saturated rings. The maximum absolute atomic E-state index is 13.3. The van der Waals surface area contributed by atoms with E-state index in [1.54, 1.807) is 4.90 Å². The van der Waals surface area contributed by atoms with E-state index in [4.69, 9.17) is 4.98 Å². The summed E-state index contributed by atoms with van der Waals surface area (Å²) in [7, 11) is 1.83. The Labute approximate surface area is 187 Å². The molecular weight excluding hydrogens is 406 g/mol. The molecule has 1 saturated carbocycles. The number of nitrogens with zero attached hydrogens (tertiary/aromatic N) is 3. The molecular formula is C25H29N3O2S. The lowest BCUT2D eigenvalue weighted by Crippen LogP contribution is -2.31. The molecule has 0 N–H and O–H groups in total. The Morgan fingerprint density at radius 2 is 1.81 bits per heavy atom. The van der Waals surface area contributed by atoms with Gasteiger partial charge in [-0.2, -0.15) is 0 Å². The number of benzene rings is 2. The molecule has 4 rings (SSSR count). The second-order valence-corrected chi connectivity index (χ2v) is 9.29. The van der Waals surface area contributed by atoms with E-state index in [0.29, 0.717) is 22.6 Å². The predicted octanol–water partition coefficient (Wildman–Crippen LogP) is 4.96. The van der Waals surface area contributed by atoms with Crippen molar-refractivity contribution in [3.05, 3.63) is 70.0 Å².